The molecule has 1 fully saturated rings. The number of carbonyl (C=O) groups excluding carboxylic acids is 1. The van der Waals surface area contributed by atoms with Gasteiger partial charge in [0.05, 0.1) is 35.7 Å². The summed E-state index contributed by atoms with van der Waals surface area (Å²) in [5, 5.41) is 0. The molecule has 4 heteroatoms. The highest BCUT2D eigenvalue weighted by molar-refractivity contribution is 6.15. The smallest absolute Gasteiger partial charge is 0.261 e. The summed E-state index contributed by atoms with van der Waals surface area (Å²) in [5.74, 6) is 7.49. The lowest BCUT2D eigenvalue weighted by molar-refractivity contribution is 0.0991. The summed E-state index contributed by atoms with van der Waals surface area (Å²) in [6, 6.07) is 14.3. The summed E-state index contributed by atoms with van der Waals surface area (Å²) in [6.45, 7) is 6.73. The molecule has 0 unspecified atom stereocenters. The Hall–Kier alpha value is -2.77. The van der Waals surface area contributed by atoms with Crippen LogP contribution in [0.2, 0.25) is 0 Å². The topological polar surface area (TPSA) is 26.8 Å². The SMILES string of the molecule is CC1CCN(CC#CCN2C(=O)c3cccc4c3N(CC4)c3ccccc32)CC1. The van der Waals surface area contributed by atoms with E-state index in [2.05, 4.69) is 46.8 Å². The molecule has 0 aromatic heterocycles. The lowest BCUT2D eigenvalue weighted by Crippen LogP contribution is -2.33. The van der Waals surface area contributed by atoms with Gasteiger partial charge < -0.3 is 4.90 Å². The van der Waals surface area contributed by atoms with Crippen LogP contribution in [0.3, 0.4) is 0 Å². The van der Waals surface area contributed by atoms with E-state index in [1.807, 2.05) is 29.2 Å². The van der Waals surface area contributed by atoms with Gasteiger partial charge in [-0.2, -0.15) is 0 Å². The molecule has 0 bridgehead atoms. The minimum atomic E-state index is 0.0554. The Morgan fingerprint density at radius 2 is 1.69 bits per heavy atom. The van der Waals surface area contributed by atoms with Crippen LogP contribution in [0.25, 0.3) is 0 Å². The molecule has 2 aromatic carbocycles. The van der Waals surface area contributed by atoms with Gasteiger partial charge >= 0.3 is 0 Å². The first-order valence-corrected chi connectivity index (χ1v) is 10.7. The van der Waals surface area contributed by atoms with Gasteiger partial charge in [-0.25, -0.2) is 0 Å². The van der Waals surface area contributed by atoms with Gasteiger partial charge in [0, 0.05) is 6.54 Å². The zero-order valence-corrected chi connectivity index (χ0v) is 17.0. The number of piperidine rings is 1. The molecule has 3 aliphatic heterocycles. The summed E-state index contributed by atoms with van der Waals surface area (Å²) >= 11 is 0. The number of para-hydroxylation sites is 3. The van der Waals surface area contributed by atoms with Gasteiger partial charge in [0.25, 0.3) is 5.91 Å². The van der Waals surface area contributed by atoms with Crippen LogP contribution in [0.4, 0.5) is 17.1 Å². The van der Waals surface area contributed by atoms with Gasteiger partial charge in [-0.1, -0.05) is 43.0 Å². The van der Waals surface area contributed by atoms with E-state index in [0.29, 0.717) is 6.54 Å². The number of amides is 1. The quantitative estimate of drug-likeness (QED) is 0.729. The number of carbonyl (C=O) groups is 1. The molecule has 1 amide bonds. The van der Waals surface area contributed by atoms with Crippen LogP contribution < -0.4 is 9.80 Å². The van der Waals surface area contributed by atoms with Crippen LogP contribution in [0.1, 0.15) is 35.7 Å². The van der Waals surface area contributed by atoms with Gasteiger partial charge in [-0.3, -0.25) is 14.6 Å². The average Bonchev–Trinajstić information content (AvgIpc) is 3.15. The number of hydrogen-bond donors (Lipinski definition) is 0. The van der Waals surface area contributed by atoms with E-state index >= 15 is 0 Å². The zero-order valence-electron chi connectivity index (χ0n) is 17.0. The molecule has 0 saturated carbocycles. The Bertz CT molecular complexity index is 995. The Morgan fingerprint density at radius 1 is 0.931 bits per heavy atom. The molecular weight excluding hydrogens is 358 g/mol. The van der Waals surface area contributed by atoms with Gasteiger partial charge in [-0.05, 0) is 62.0 Å². The molecule has 2 aromatic rings. The maximum absolute atomic E-state index is 13.5. The number of anilines is 3. The van der Waals surface area contributed by atoms with Crippen LogP contribution in [-0.4, -0.2) is 43.5 Å². The maximum Gasteiger partial charge on any atom is 0.261 e. The van der Waals surface area contributed by atoms with Crippen molar-refractivity contribution >= 4 is 23.0 Å². The first kappa shape index (κ1) is 18.3. The van der Waals surface area contributed by atoms with Crippen LogP contribution in [-0.2, 0) is 6.42 Å². The van der Waals surface area contributed by atoms with Gasteiger partial charge in [0.2, 0.25) is 0 Å². The molecule has 5 rings (SSSR count). The van der Waals surface area contributed by atoms with Crippen molar-refractivity contribution in [2.45, 2.75) is 26.2 Å². The van der Waals surface area contributed by atoms with E-state index in [-0.39, 0.29) is 5.91 Å². The Kier molecular flexibility index (Phi) is 4.77. The zero-order chi connectivity index (χ0) is 19.8. The fraction of sp³-hybridized carbons (Fsp3) is 0.400. The van der Waals surface area contributed by atoms with Gasteiger partial charge in [0.15, 0.2) is 0 Å². The van der Waals surface area contributed by atoms with Gasteiger partial charge in [0.1, 0.15) is 0 Å². The highest BCUT2D eigenvalue weighted by Gasteiger charge is 2.34. The van der Waals surface area contributed by atoms with E-state index in [1.54, 1.807) is 0 Å². The standard InChI is InChI=1S/C25H27N3O/c1-19-11-16-26(17-12-19)14-4-5-15-28-23-10-3-2-9-22(23)27-18-13-20-7-6-8-21(24(20)27)25(28)29/h2-3,6-10,19H,11-18H2,1H3. The third kappa shape index (κ3) is 3.30. The maximum atomic E-state index is 13.5. The number of likely N-dealkylation sites (tertiary alicyclic amines) is 1. The Morgan fingerprint density at radius 3 is 2.52 bits per heavy atom. The monoisotopic (exact) mass is 385 g/mol. The Balaban J connectivity index is 1.42. The van der Waals surface area contributed by atoms with Crippen molar-refractivity contribution in [2.75, 3.05) is 42.5 Å². The van der Waals surface area contributed by atoms with Crippen LogP contribution in [0.15, 0.2) is 42.5 Å². The minimum absolute atomic E-state index is 0.0554. The summed E-state index contributed by atoms with van der Waals surface area (Å²) in [4.78, 5) is 20.1. The molecule has 0 aliphatic carbocycles. The van der Waals surface area contributed by atoms with Crippen molar-refractivity contribution in [2.24, 2.45) is 5.92 Å². The highest BCUT2D eigenvalue weighted by atomic mass is 16.2. The van der Waals surface area contributed by atoms with Crippen molar-refractivity contribution in [3.05, 3.63) is 53.6 Å². The second-order valence-electron chi connectivity index (χ2n) is 8.41. The van der Waals surface area contributed by atoms with Crippen LogP contribution in [0, 0.1) is 17.8 Å². The first-order chi connectivity index (χ1) is 14.2. The van der Waals surface area contributed by atoms with E-state index in [9.17, 15) is 4.79 Å². The predicted octanol–water partition coefficient (Wildman–Crippen LogP) is 4.08. The van der Waals surface area contributed by atoms with Crippen molar-refractivity contribution in [3.8, 4) is 11.8 Å². The van der Waals surface area contributed by atoms with E-state index in [1.165, 1.54) is 18.4 Å². The second kappa shape index (κ2) is 7.57. The summed E-state index contributed by atoms with van der Waals surface area (Å²) in [6.07, 6.45) is 3.50. The molecule has 1 saturated heterocycles. The van der Waals surface area contributed by atoms with Crippen LogP contribution >= 0.6 is 0 Å². The van der Waals surface area contributed by atoms with E-state index in [0.717, 1.165) is 61.1 Å². The molecule has 0 N–H and O–H groups in total. The molecule has 0 radical (unpaired) electrons. The lowest BCUT2D eigenvalue weighted by Gasteiger charge is -2.28. The molecule has 0 atom stereocenters. The third-order valence-electron chi connectivity index (χ3n) is 6.47. The largest absolute Gasteiger partial charge is 0.339 e. The molecule has 4 nitrogen and oxygen atoms in total. The number of rotatable bonds is 2. The Labute approximate surface area is 173 Å². The van der Waals surface area contributed by atoms with Crippen molar-refractivity contribution < 1.29 is 4.79 Å². The summed E-state index contributed by atoms with van der Waals surface area (Å²) in [7, 11) is 0. The number of nitrogens with zero attached hydrogens (tertiary/aromatic N) is 3. The third-order valence-corrected chi connectivity index (χ3v) is 6.47. The second-order valence-corrected chi connectivity index (χ2v) is 8.41. The van der Waals surface area contributed by atoms with Gasteiger partial charge in [-0.15, -0.1) is 0 Å². The normalized spacial score (nSPS) is 18.7. The molecule has 3 aliphatic rings. The van der Waals surface area contributed by atoms with Crippen molar-refractivity contribution in [1.82, 2.24) is 4.90 Å². The minimum Gasteiger partial charge on any atom is -0.339 e. The predicted molar refractivity (Wildman–Crippen MR) is 118 cm³/mol. The van der Waals surface area contributed by atoms with Crippen LogP contribution in [0.5, 0.6) is 0 Å². The fourth-order valence-corrected chi connectivity index (χ4v) is 4.72. The van der Waals surface area contributed by atoms with Crippen molar-refractivity contribution in [1.29, 1.82) is 0 Å². The average molecular weight is 386 g/mol. The van der Waals surface area contributed by atoms with Crippen molar-refractivity contribution in [3.63, 3.8) is 0 Å². The molecular formula is C25H27N3O. The van der Waals surface area contributed by atoms with E-state index < -0.39 is 0 Å². The number of hydrogen-bond acceptors (Lipinski definition) is 3. The molecule has 29 heavy (non-hydrogen) atoms. The fourth-order valence-electron chi connectivity index (χ4n) is 4.72. The molecule has 3 heterocycles. The molecule has 0 spiro atoms. The molecule has 148 valence electrons. The summed E-state index contributed by atoms with van der Waals surface area (Å²) < 4.78 is 0. The number of benzene rings is 2. The van der Waals surface area contributed by atoms with E-state index in [4.69, 9.17) is 0 Å². The highest BCUT2D eigenvalue weighted by Crippen LogP contribution is 2.45. The number of fused-ring (bicyclic) bond motifs is 2. The lowest BCUT2D eigenvalue weighted by atomic mass is 9.99. The first-order valence-electron chi connectivity index (χ1n) is 10.7. The summed E-state index contributed by atoms with van der Waals surface area (Å²) in [5.41, 5.74) is 5.21.